The molecule has 0 aliphatic heterocycles. The van der Waals surface area contributed by atoms with Crippen molar-refractivity contribution < 1.29 is 8.42 Å². The Hall–Kier alpha value is -0.430. The van der Waals surface area contributed by atoms with E-state index in [1.54, 1.807) is 6.07 Å². The highest BCUT2D eigenvalue weighted by molar-refractivity contribution is 7.89. The van der Waals surface area contributed by atoms with E-state index in [4.69, 9.17) is 0 Å². The van der Waals surface area contributed by atoms with Gasteiger partial charge in [-0.05, 0) is 30.2 Å². The molecule has 1 aromatic rings. The van der Waals surface area contributed by atoms with Crippen molar-refractivity contribution in [2.75, 3.05) is 6.54 Å². The summed E-state index contributed by atoms with van der Waals surface area (Å²) in [5.74, 6) is 0.603. The third kappa shape index (κ3) is 5.91. The molecule has 0 spiro atoms. The molecule has 0 aliphatic rings. The molecule has 0 atom stereocenters. The summed E-state index contributed by atoms with van der Waals surface area (Å²) in [5.41, 5.74) is 0. The average molecular weight is 319 g/mol. The lowest BCUT2D eigenvalue weighted by atomic mass is 10.1. The van der Waals surface area contributed by atoms with Crippen molar-refractivity contribution in [1.82, 2.24) is 10.0 Å². The van der Waals surface area contributed by atoms with Gasteiger partial charge in [0.25, 0.3) is 0 Å². The molecular weight excluding hydrogens is 292 g/mol. The number of hydrogen-bond acceptors (Lipinski definition) is 4. The van der Waals surface area contributed by atoms with Gasteiger partial charge in [-0.2, -0.15) is 0 Å². The van der Waals surface area contributed by atoms with E-state index in [-0.39, 0.29) is 0 Å². The van der Waals surface area contributed by atoms with Gasteiger partial charge in [0.2, 0.25) is 10.0 Å². The van der Waals surface area contributed by atoms with Crippen LogP contribution in [0.1, 0.15) is 45.4 Å². The van der Waals surface area contributed by atoms with E-state index in [0.29, 0.717) is 29.9 Å². The van der Waals surface area contributed by atoms with Gasteiger partial charge < -0.3 is 5.32 Å². The van der Waals surface area contributed by atoms with E-state index >= 15 is 0 Å². The lowest BCUT2D eigenvalue weighted by Gasteiger charge is -2.10. The minimum absolute atomic E-state index is 0.339. The fourth-order valence-corrected chi connectivity index (χ4v) is 4.26. The molecule has 1 heterocycles. The van der Waals surface area contributed by atoms with Crippen molar-refractivity contribution in [1.29, 1.82) is 0 Å². The van der Waals surface area contributed by atoms with Crippen LogP contribution in [0, 0.1) is 5.92 Å². The quantitative estimate of drug-likeness (QED) is 0.688. The Morgan fingerprint density at radius 2 is 1.95 bits per heavy atom. The number of hydrogen-bond donors (Lipinski definition) is 2. The summed E-state index contributed by atoms with van der Waals surface area (Å²) in [7, 11) is -3.37. The summed E-state index contributed by atoms with van der Waals surface area (Å²) in [6.45, 7) is 9.48. The second kappa shape index (κ2) is 8.12. The van der Waals surface area contributed by atoms with Crippen LogP contribution < -0.4 is 10.0 Å². The Kier molecular flexibility index (Phi) is 7.15. The fourth-order valence-electron chi connectivity index (χ4n) is 1.79. The highest BCUT2D eigenvalue weighted by atomic mass is 32.2. The molecule has 0 amide bonds. The predicted molar refractivity (Wildman–Crippen MR) is 85.6 cm³/mol. The normalized spacial score (nSPS) is 12.5. The highest BCUT2D eigenvalue weighted by Crippen LogP contribution is 2.21. The summed E-state index contributed by atoms with van der Waals surface area (Å²) < 4.78 is 27.2. The maximum absolute atomic E-state index is 12.3. The molecule has 1 rings (SSSR count). The van der Waals surface area contributed by atoms with Crippen molar-refractivity contribution >= 4 is 21.4 Å². The third-order valence-corrected chi connectivity index (χ3v) is 5.51. The minimum atomic E-state index is -3.37. The fraction of sp³-hybridized carbons (Fsp3) is 0.714. The van der Waals surface area contributed by atoms with Crippen molar-refractivity contribution in [3.05, 3.63) is 16.3 Å². The van der Waals surface area contributed by atoms with Gasteiger partial charge in [-0.15, -0.1) is 11.3 Å². The predicted octanol–water partition coefficient (Wildman–Crippen LogP) is 2.96. The molecule has 0 aromatic carbocycles. The first-order valence-electron chi connectivity index (χ1n) is 7.12. The molecule has 0 aliphatic carbocycles. The van der Waals surface area contributed by atoms with E-state index in [2.05, 4.69) is 23.9 Å². The van der Waals surface area contributed by atoms with Gasteiger partial charge in [-0.1, -0.05) is 27.7 Å². The smallest absolute Gasteiger partial charge is 0.241 e. The van der Waals surface area contributed by atoms with Gasteiger partial charge in [-0.3, -0.25) is 0 Å². The number of nitrogens with one attached hydrogen (secondary N) is 2. The van der Waals surface area contributed by atoms with Crippen LogP contribution in [0.25, 0.3) is 0 Å². The van der Waals surface area contributed by atoms with Crippen molar-refractivity contribution in [3.63, 3.8) is 0 Å². The molecule has 0 radical (unpaired) electrons. The van der Waals surface area contributed by atoms with Crippen molar-refractivity contribution in [2.24, 2.45) is 5.92 Å². The topological polar surface area (TPSA) is 58.2 Å². The van der Waals surface area contributed by atoms with E-state index in [9.17, 15) is 8.42 Å². The molecule has 6 heteroatoms. The first-order valence-corrected chi connectivity index (χ1v) is 9.48. The van der Waals surface area contributed by atoms with Gasteiger partial charge in [0, 0.05) is 24.0 Å². The lowest BCUT2D eigenvalue weighted by molar-refractivity contribution is 0.538. The molecule has 0 unspecified atom stereocenters. The van der Waals surface area contributed by atoms with Crippen LogP contribution in [0.2, 0.25) is 0 Å². The molecule has 1 aromatic heterocycles. The summed E-state index contributed by atoms with van der Waals surface area (Å²) in [4.78, 5) is 1.29. The molecular formula is C14H26N2O2S2. The molecule has 0 saturated carbocycles. The first kappa shape index (κ1) is 17.6. The van der Waals surface area contributed by atoms with Crippen molar-refractivity contribution in [2.45, 2.75) is 58.0 Å². The summed E-state index contributed by atoms with van der Waals surface area (Å²) in [6.07, 6.45) is 1.91. The SMILES string of the molecule is CC(C)CCCNS(=O)(=O)c1ccsc1CNC(C)C. The number of sulfonamides is 1. The summed E-state index contributed by atoms with van der Waals surface area (Å²) in [5, 5.41) is 5.09. The first-order chi connectivity index (χ1) is 9.33. The Labute approximate surface area is 127 Å². The molecule has 116 valence electrons. The second-order valence-corrected chi connectivity index (χ2v) is 8.41. The van der Waals surface area contributed by atoms with E-state index in [1.807, 2.05) is 19.2 Å². The molecule has 0 fully saturated rings. The third-order valence-electron chi connectivity index (χ3n) is 2.92. The van der Waals surface area contributed by atoms with Crippen LogP contribution in [0.5, 0.6) is 0 Å². The Balaban J connectivity index is 2.61. The van der Waals surface area contributed by atoms with E-state index < -0.39 is 10.0 Å². The van der Waals surface area contributed by atoms with Gasteiger partial charge in [-0.25, -0.2) is 13.1 Å². The van der Waals surface area contributed by atoms with Gasteiger partial charge in [0.1, 0.15) is 0 Å². The standard InChI is InChI=1S/C14H26N2O2S2/c1-11(2)6-5-8-16-20(17,18)14-7-9-19-13(14)10-15-12(3)4/h7,9,11-12,15-16H,5-6,8,10H2,1-4H3. The second-order valence-electron chi connectivity index (χ2n) is 5.68. The van der Waals surface area contributed by atoms with Crippen LogP contribution in [0.4, 0.5) is 0 Å². The van der Waals surface area contributed by atoms with Crippen molar-refractivity contribution in [3.8, 4) is 0 Å². The molecule has 0 bridgehead atoms. The highest BCUT2D eigenvalue weighted by Gasteiger charge is 2.19. The zero-order valence-electron chi connectivity index (χ0n) is 12.8. The number of thiophene rings is 1. The molecule has 4 nitrogen and oxygen atoms in total. The maximum Gasteiger partial charge on any atom is 0.241 e. The number of rotatable bonds is 9. The minimum Gasteiger partial charge on any atom is -0.310 e. The summed E-state index contributed by atoms with van der Waals surface area (Å²) in [6, 6.07) is 2.03. The Bertz CT molecular complexity index is 493. The average Bonchev–Trinajstić information content (AvgIpc) is 2.81. The monoisotopic (exact) mass is 318 g/mol. The van der Waals surface area contributed by atoms with Gasteiger partial charge >= 0.3 is 0 Å². The summed E-state index contributed by atoms with van der Waals surface area (Å²) >= 11 is 1.48. The molecule has 2 N–H and O–H groups in total. The Morgan fingerprint density at radius 3 is 2.55 bits per heavy atom. The van der Waals surface area contributed by atoms with Crippen LogP contribution in [0.15, 0.2) is 16.3 Å². The van der Waals surface area contributed by atoms with Crippen LogP contribution in [0.3, 0.4) is 0 Å². The Morgan fingerprint density at radius 1 is 1.25 bits per heavy atom. The van der Waals surface area contributed by atoms with Crippen LogP contribution in [-0.4, -0.2) is 21.0 Å². The van der Waals surface area contributed by atoms with E-state index in [1.165, 1.54) is 11.3 Å². The van der Waals surface area contributed by atoms with Crippen LogP contribution in [-0.2, 0) is 16.6 Å². The van der Waals surface area contributed by atoms with E-state index in [0.717, 1.165) is 17.7 Å². The van der Waals surface area contributed by atoms with Crippen LogP contribution >= 0.6 is 11.3 Å². The zero-order valence-corrected chi connectivity index (χ0v) is 14.4. The molecule has 20 heavy (non-hydrogen) atoms. The lowest BCUT2D eigenvalue weighted by Crippen LogP contribution is -2.27. The largest absolute Gasteiger partial charge is 0.310 e. The van der Waals surface area contributed by atoms with Gasteiger partial charge in [0.15, 0.2) is 0 Å². The maximum atomic E-state index is 12.3. The molecule has 0 saturated heterocycles. The van der Waals surface area contributed by atoms with Gasteiger partial charge in [0.05, 0.1) is 4.90 Å². The zero-order chi connectivity index (χ0) is 15.2.